The van der Waals surface area contributed by atoms with Crippen LogP contribution in [-0.2, 0) is 10.8 Å². The van der Waals surface area contributed by atoms with E-state index in [9.17, 15) is 0 Å². The van der Waals surface area contributed by atoms with Crippen molar-refractivity contribution in [2.75, 3.05) is 0 Å². The highest BCUT2D eigenvalue weighted by Crippen LogP contribution is 2.61. The quantitative estimate of drug-likeness (QED) is 0.187. The minimum Gasteiger partial charge on any atom is -0.0622 e. The Morgan fingerprint density at radius 1 is 0.476 bits per heavy atom. The topological polar surface area (TPSA) is 0 Å². The largest absolute Gasteiger partial charge is 0.0714 e. The Kier molecular flexibility index (Phi) is 5.55. The number of fused-ring (bicyclic) bond motifs is 3. The summed E-state index contributed by atoms with van der Waals surface area (Å²) in [4.78, 5) is 0. The molecule has 1 heteroatoms. The van der Waals surface area contributed by atoms with Crippen molar-refractivity contribution in [3.05, 3.63) is 154 Å². The Hall–Kier alpha value is -3.42. The third kappa shape index (κ3) is 3.59. The first-order valence-corrected chi connectivity index (χ1v) is 16.6. The lowest BCUT2D eigenvalue weighted by Crippen LogP contribution is -2.48. The molecule has 0 radical (unpaired) electrons. The van der Waals surface area contributed by atoms with Crippen molar-refractivity contribution in [3.8, 4) is 22.3 Å². The minimum absolute atomic E-state index is 0.383. The highest BCUT2D eigenvalue weighted by Gasteiger charge is 2.51. The van der Waals surface area contributed by atoms with Crippen LogP contribution in [0.25, 0.3) is 22.3 Å². The number of halogens is 1. The maximum absolute atomic E-state index is 3.82. The average molecular weight is 608 g/mol. The number of hydrogen-bond donors (Lipinski definition) is 0. The standard InChI is InChI=1S/C41H35Br/c42-35-16-18-37-36-17-13-31(30-11-14-32(15-12-30)40-24-27-19-28(25-40)21-29(20-27)26-40)22-38(36)41(39(37)23-35,33-7-3-1-4-8-33)34-9-5-2-6-10-34/h1-18,22-23,27-29H,19-21,24-26H2. The van der Waals surface area contributed by atoms with Crippen LogP contribution in [0.4, 0.5) is 0 Å². The van der Waals surface area contributed by atoms with E-state index in [1.165, 1.54) is 83.0 Å². The summed E-state index contributed by atoms with van der Waals surface area (Å²) < 4.78 is 1.12. The van der Waals surface area contributed by atoms with E-state index in [0.717, 1.165) is 22.2 Å². The van der Waals surface area contributed by atoms with Gasteiger partial charge in [0.05, 0.1) is 5.41 Å². The molecule has 0 atom stereocenters. The van der Waals surface area contributed by atoms with Gasteiger partial charge in [0.2, 0.25) is 0 Å². The highest BCUT2D eigenvalue weighted by atomic mass is 79.9. The molecule has 4 bridgehead atoms. The van der Waals surface area contributed by atoms with Crippen molar-refractivity contribution in [2.24, 2.45) is 17.8 Å². The van der Waals surface area contributed by atoms with E-state index in [2.05, 4.69) is 137 Å². The summed E-state index contributed by atoms with van der Waals surface area (Å²) in [6, 6.07) is 46.1. The van der Waals surface area contributed by atoms with Crippen molar-refractivity contribution >= 4 is 15.9 Å². The van der Waals surface area contributed by atoms with Gasteiger partial charge in [-0.2, -0.15) is 0 Å². The van der Waals surface area contributed by atoms with Gasteiger partial charge in [0, 0.05) is 4.47 Å². The predicted molar refractivity (Wildman–Crippen MR) is 177 cm³/mol. The van der Waals surface area contributed by atoms with Crippen molar-refractivity contribution in [2.45, 2.75) is 49.4 Å². The summed E-state index contributed by atoms with van der Waals surface area (Å²) in [5, 5.41) is 0. The second-order valence-corrected chi connectivity index (χ2v) is 14.6. The van der Waals surface area contributed by atoms with E-state index in [1.807, 2.05) is 0 Å². The molecule has 42 heavy (non-hydrogen) atoms. The summed E-state index contributed by atoms with van der Waals surface area (Å²) in [6.45, 7) is 0. The molecule has 4 fully saturated rings. The van der Waals surface area contributed by atoms with Gasteiger partial charge in [0.15, 0.2) is 0 Å². The molecule has 0 aliphatic heterocycles. The molecule has 5 aromatic rings. The van der Waals surface area contributed by atoms with E-state index in [1.54, 1.807) is 5.56 Å². The molecule has 5 aliphatic carbocycles. The first-order valence-electron chi connectivity index (χ1n) is 15.8. The van der Waals surface area contributed by atoms with Gasteiger partial charge in [0.1, 0.15) is 0 Å². The van der Waals surface area contributed by atoms with Crippen LogP contribution in [-0.4, -0.2) is 0 Å². The zero-order valence-electron chi connectivity index (χ0n) is 23.9. The van der Waals surface area contributed by atoms with E-state index in [-0.39, 0.29) is 5.41 Å². The number of benzene rings is 5. The van der Waals surface area contributed by atoms with Gasteiger partial charge in [-0.25, -0.2) is 0 Å². The molecular weight excluding hydrogens is 572 g/mol. The normalized spacial score (nSPS) is 26.2. The van der Waals surface area contributed by atoms with Gasteiger partial charge in [-0.05, 0) is 130 Å². The molecule has 5 aromatic carbocycles. The van der Waals surface area contributed by atoms with Crippen LogP contribution >= 0.6 is 15.9 Å². The smallest absolute Gasteiger partial charge is 0.0622 e. The highest BCUT2D eigenvalue weighted by molar-refractivity contribution is 9.10. The zero-order chi connectivity index (χ0) is 27.9. The van der Waals surface area contributed by atoms with Crippen molar-refractivity contribution < 1.29 is 0 Å². The summed E-state index contributed by atoms with van der Waals surface area (Å²) in [7, 11) is 0. The maximum atomic E-state index is 3.82. The number of hydrogen-bond acceptors (Lipinski definition) is 0. The molecule has 0 amide bonds. The van der Waals surface area contributed by atoms with E-state index < -0.39 is 0 Å². The molecule has 0 heterocycles. The second-order valence-electron chi connectivity index (χ2n) is 13.7. The molecule has 0 aromatic heterocycles. The van der Waals surface area contributed by atoms with Crippen LogP contribution in [0.15, 0.2) is 126 Å². The Morgan fingerprint density at radius 2 is 0.976 bits per heavy atom. The lowest BCUT2D eigenvalue weighted by atomic mass is 9.48. The van der Waals surface area contributed by atoms with Crippen LogP contribution in [0.1, 0.15) is 66.3 Å². The maximum Gasteiger partial charge on any atom is 0.0714 e. The average Bonchev–Trinajstić information content (AvgIpc) is 3.31. The Bertz CT molecular complexity index is 1720. The fraction of sp³-hybridized carbons (Fsp3) is 0.268. The van der Waals surface area contributed by atoms with Gasteiger partial charge in [-0.15, -0.1) is 0 Å². The molecule has 206 valence electrons. The van der Waals surface area contributed by atoms with Crippen molar-refractivity contribution in [1.82, 2.24) is 0 Å². The van der Waals surface area contributed by atoms with E-state index in [4.69, 9.17) is 0 Å². The molecule has 0 spiro atoms. The summed E-state index contributed by atoms with van der Waals surface area (Å²) in [5.41, 5.74) is 12.3. The molecule has 10 rings (SSSR count). The minimum atomic E-state index is -0.383. The van der Waals surface area contributed by atoms with Gasteiger partial charge in [0.25, 0.3) is 0 Å². The first-order chi connectivity index (χ1) is 20.6. The van der Waals surface area contributed by atoms with Crippen LogP contribution < -0.4 is 0 Å². The summed E-state index contributed by atoms with van der Waals surface area (Å²) in [6.07, 6.45) is 8.74. The lowest BCUT2D eigenvalue weighted by Gasteiger charge is -2.57. The fourth-order valence-corrected chi connectivity index (χ4v) is 10.5. The van der Waals surface area contributed by atoms with Gasteiger partial charge >= 0.3 is 0 Å². The van der Waals surface area contributed by atoms with Crippen molar-refractivity contribution in [3.63, 3.8) is 0 Å². The van der Waals surface area contributed by atoms with Crippen LogP contribution in [0.5, 0.6) is 0 Å². The molecule has 0 unspecified atom stereocenters. The summed E-state index contributed by atoms with van der Waals surface area (Å²) in [5.74, 6) is 2.91. The second kappa shape index (κ2) is 9.29. The van der Waals surface area contributed by atoms with Crippen LogP contribution in [0.2, 0.25) is 0 Å². The van der Waals surface area contributed by atoms with Crippen LogP contribution in [0.3, 0.4) is 0 Å². The Morgan fingerprint density at radius 3 is 1.55 bits per heavy atom. The fourth-order valence-electron chi connectivity index (χ4n) is 10.1. The molecule has 4 saturated carbocycles. The molecule has 0 N–H and O–H groups in total. The van der Waals surface area contributed by atoms with E-state index in [0.29, 0.717) is 5.41 Å². The Labute approximate surface area is 258 Å². The van der Waals surface area contributed by atoms with Crippen molar-refractivity contribution in [1.29, 1.82) is 0 Å². The zero-order valence-corrected chi connectivity index (χ0v) is 25.5. The first kappa shape index (κ1) is 25.1. The summed E-state index contributed by atoms with van der Waals surface area (Å²) >= 11 is 3.82. The molecule has 5 aliphatic rings. The van der Waals surface area contributed by atoms with Crippen LogP contribution in [0, 0.1) is 17.8 Å². The van der Waals surface area contributed by atoms with Gasteiger partial charge in [-0.3, -0.25) is 0 Å². The third-order valence-corrected chi connectivity index (χ3v) is 11.9. The van der Waals surface area contributed by atoms with Gasteiger partial charge in [-0.1, -0.05) is 119 Å². The third-order valence-electron chi connectivity index (χ3n) is 11.4. The Balaban J connectivity index is 1.20. The van der Waals surface area contributed by atoms with Gasteiger partial charge < -0.3 is 0 Å². The lowest BCUT2D eigenvalue weighted by molar-refractivity contribution is -0.00518. The monoisotopic (exact) mass is 606 g/mol. The SMILES string of the molecule is Brc1ccc2c(c1)C(c1ccccc1)(c1ccccc1)c1cc(-c3ccc(C45CC6CC(CC(C6)C4)C5)cc3)ccc1-2. The predicted octanol–water partition coefficient (Wildman–Crippen LogP) is 10.9. The number of rotatable bonds is 4. The molecular formula is C41H35Br. The molecule has 0 saturated heterocycles. The van der Waals surface area contributed by atoms with E-state index >= 15 is 0 Å². The molecule has 0 nitrogen and oxygen atoms in total.